The van der Waals surface area contributed by atoms with Crippen LogP contribution in [0.4, 0.5) is 0 Å². The zero-order chi connectivity index (χ0) is 24.1. The average molecular weight is 466 g/mol. The standard InChI is InChI=1S/C26H31N3O5/c1-19(30)29-15-14-28(18-22(29)20-8-3-5-10-23(20)33-2)26(32)21-9-4-6-11-24(21)34-17-16-27-13-7-12-25(27)31/h3-6,8-11,22H,7,12-18H2,1-2H3/t22-/m0/s1. The van der Waals surface area contributed by atoms with E-state index in [4.69, 9.17) is 9.47 Å². The number of carbonyl (C=O) groups excluding carboxylic acids is 3. The molecule has 2 aromatic rings. The van der Waals surface area contributed by atoms with Crippen molar-refractivity contribution in [3.63, 3.8) is 0 Å². The second-order valence-electron chi connectivity index (χ2n) is 8.55. The van der Waals surface area contributed by atoms with Gasteiger partial charge in [0.15, 0.2) is 0 Å². The summed E-state index contributed by atoms with van der Waals surface area (Å²) in [5.41, 5.74) is 1.35. The van der Waals surface area contributed by atoms with Crippen LogP contribution in [0.1, 0.15) is 41.7 Å². The van der Waals surface area contributed by atoms with Crippen LogP contribution in [-0.2, 0) is 9.59 Å². The Kier molecular flexibility index (Phi) is 7.35. The third-order valence-electron chi connectivity index (χ3n) is 6.48. The van der Waals surface area contributed by atoms with Crippen LogP contribution in [0, 0.1) is 0 Å². The first kappa shape index (κ1) is 23.6. The van der Waals surface area contributed by atoms with Gasteiger partial charge in [-0.1, -0.05) is 30.3 Å². The van der Waals surface area contributed by atoms with Crippen LogP contribution in [-0.4, -0.2) is 78.9 Å². The molecule has 180 valence electrons. The summed E-state index contributed by atoms with van der Waals surface area (Å²) in [5, 5.41) is 0. The van der Waals surface area contributed by atoms with Crippen molar-refractivity contribution >= 4 is 17.7 Å². The molecular formula is C26H31N3O5. The maximum atomic E-state index is 13.5. The molecule has 0 N–H and O–H groups in total. The second kappa shape index (κ2) is 10.6. The molecule has 2 fully saturated rings. The molecule has 0 unspecified atom stereocenters. The van der Waals surface area contributed by atoms with Gasteiger partial charge in [0.05, 0.1) is 25.3 Å². The van der Waals surface area contributed by atoms with Gasteiger partial charge in [-0.25, -0.2) is 0 Å². The lowest BCUT2D eigenvalue weighted by Gasteiger charge is -2.41. The van der Waals surface area contributed by atoms with Crippen LogP contribution in [0.15, 0.2) is 48.5 Å². The maximum Gasteiger partial charge on any atom is 0.257 e. The summed E-state index contributed by atoms with van der Waals surface area (Å²) in [5.74, 6) is 1.16. The summed E-state index contributed by atoms with van der Waals surface area (Å²) in [6.45, 7) is 4.37. The van der Waals surface area contributed by atoms with Gasteiger partial charge in [-0.2, -0.15) is 0 Å². The number of para-hydroxylation sites is 2. The van der Waals surface area contributed by atoms with Crippen molar-refractivity contribution in [3.05, 3.63) is 59.7 Å². The highest BCUT2D eigenvalue weighted by molar-refractivity contribution is 5.97. The fourth-order valence-electron chi connectivity index (χ4n) is 4.70. The van der Waals surface area contributed by atoms with Crippen molar-refractivity contribution in [2.45, 2.75) is 25.8 Å². The van der Waals surface area contributed by atoms with Gasteiger partial charge in [0.2, 0.25) is 11.8 Å². The summed E-state index contributed by atoms with van der Waals surface area (Å²) in [7, 11) is 1.60. The first-order valence-electron chi connectivity index (χ1n) is 11.7. The molecule has 0 aliphatic carbocycles. The minimum atomic E-state index is -0.305. The number of nitrogens with zero attached hydrogens (tertiary/aromatic N) is 3. The molecule has 0 saturated carbocycles. The predicted molar refractivity (Wildman–Crippen MR) is 127 cm³/mol. The number of benzene rings is 2. The normalized spacial score (nSPS) is 18.2. The van der Waals surface area contributed by atoms with E-state index in [1.54, 1.807) is 40.9 Å². The molecule has 3 amide bonds. The lowest BCUT2D eigenvalue weighted by atomic mass is 10.00. The van der Waals surface area contributed by atoms with E-state index < -0.39 is 0 Å². The van der Waals surface area contributed by atoms with Gasteiger partial charge in [-0.05, 0) is 24.6 Å². The molecule has 0 aromatic heterocycles. The fourth-order valence-corrected chi connectivity index (χ4v) is 4.70. The van der Waals surface area contributed by atoms with Gasteiger partial charge < -0.3 is 24.2 Å². The lowest BCUT2D eigenvalue weighted by Crippen LogP contribution is -2.52. The first-order chi connectivity index (χ1) is 16.5. The predicted octanol–water partition coefficient (Wildman–Crippen LogP) is 2.74. The van der Waals surface area contributed by atoms with Crippen molar-refractivity contribution < 1.29 is 23.9 Å². The van der Waals surface area contributed by atoms with E-state index in [9.17, 15) is 14.4 Å². The van der Waals surface area contributed by atoms with Crippen LogP contribution in [0.2, 0.25) is 0 Å². The largest absolute Gasteiger partial charge is 0.496 e. The quantitative estimate of drug-likeness (QED) is 0.628. The van der Waals surface area contributed by atoms with Gasteiger partial charge >= 0.3 is 0 Å². The second-order valence-corrected chi connectivity index (χ2v) is 8.55. The van der Waals surface area contributed by atoms with Crippen molar-refractivity contribution in [3.8, 4) is 11.5 Å². The van der Waals surface area contributed by atoms with Gasteiger partial charge in [0.25, 0.3) is 5.91 Å². The molecule has 8 nitrogen and oxygen atoms in total. The molecule has 2 saturated heterocycles. The number of hydrogen-bond acceptors (Lipinski definition) is 5. The third-order valence-corrected chi connectivity index (χ3v) is 6.48. The molecule has 1 atom stereocenters. The molecule has 2 aliphatic heterocycles. The Morgan fingerprint density at radius 2 is 1.74 bits per heavy atom. The molecule has 8 heteroatoms. The topological polar surface area (TPSA) is 79.4 Å². The summed E-state index contributed by atoms with van der Waals surface area (Å²) in [4.78, 5) is 43.1. The summed E-state index contributed by atoms with van der Waals surface area (Å²) in [6, 6.07) is 14.5. The summed E-state index contributed by atoms with van der Waals surface area (Å²) in [6.07, 6.45) is 1.47. The number of likely N-dealkylation sites (tertiary alicyclic amines) is 1. The van der Waals surface area contributed by atoms with E-state index in [0.717, 1.165) is 18.5 Å². The highest BCUT2D eigenvalue weighted by Crippen LogP contribution is 2.33. The van der Waals surface area contributed by atoms with E-state index >= 15 is 0 Å². The number of methoxy groups -OCH3 is 1. The SMILES string of the molecule is COc1ccccc1[C@@H]1CN(C(=O)c2ccccc2OCCN2CCCC2=O)CCN1C(C)=O. The van der Waals surface area contributed by atoms with Crippen molar-refractivity contribution in [1.29, 1.82) is 0 Å². The first-order valence-corrected chi connectivity index (χ1v) is 11.7. The van der Waals surface area contributed by atoms with Crippen molar-refractivity contribution in [1.82, 2.24) is 14.7 Å². The molecule has 2 aromatic carbocycles. The Labute approximate surface area is 200 Å². The number of amides is 3. The Hall–Kier alpha value is -3.55. The van der Waals surface area contributed by atoms with Crippen LogP contribution in [0.5, 0.6) is 11.5 Å². The van der Waals surface area contributed by atoms with Gasteiger partial charge in [-0.3, -0.25) is 14.4 Å². The smallest absolute Gasteiger partial charge is 0.257 e. The van der Waals surface area contributed by atoms with Crippen LogP contribution < -0.4 is 9.47 Å². The van der Waals surface area contributed by atoms with E-state index in [1.165, 1.54) is 0 Å². The van der Waals surface area contributed by atoms with Crippen LogP contribution >= 0.6 is 0 Å². The zero-order valence-electron chi connectivity index (χ0n) is 19.7. The van der Waals surface area contributed by atoms with Gasteiger partial charge in [0.1, 0.15) is 18.1 Å². The number of piperazine rings is 1. The Morgan fingerprint density at radius 1 is 1.00 bits per heavy atom. The monoisotopic (exact) mass is 465 g/mol. The van der Waals surface area contributed by atoms with Crippen LogP contribution in [0.25, 0.3) is 0 Å². The Bertz CT molecular complexity index is 1060. The number of carbonyl (C=O) groups is 3. The summed E-state index contributed by atoms with van der Waals surface area (Å²) < 4.78 is 11.5. The maximum absolute atomic E-state index is 13.5. The molecule has 2 heterocycles. The molecule has 4 rings (SSSR count). The molecular weight excluding hydrogens is 434 g/mol. The Morgan fingerprint density at radius 3 is 2.44 bits per heavy atom. The Balaban J connectivity index is 1.50. The van der Waals surface area contributed by atoms with Crippen molar-refractivity contribution in [2.75, 3.05) is 46.4 Å². The number of rotatable bonds is 7. The van der Waals surface area contributed by atoms with Crippen LogP contribution in [0.3, 0.4) is 0 Å². The molecule has 0 spiro atoms. The highest BCUT2D eigenvalue weighted by Gasteiger charge is 2.34. The number of hydrogen-bond donors (Lipinski definition) is 0. The molecule has 34 heavy (non-hydrogen) atoms. The minimum Gasteiger partial charge on any atom is -0.496 e. The summed E-state index contributed by atoms with van der Waals surface area (Å²) >= 11 is 0. The lowest BCUT2D eigenvalue weighted by molar-refractivity contribution is -0.133. The molecule has 0 radical (unpaired) electrons. The van der Waals surface area contributed by atoms with E-state index in [-0.39, 0.29) is 23.8 Å². The van der Waals surface area contributed by atoms with Crippen molar-refractivity contribution in [2.24, 2.45) is 0 Å². The minimum absolute atomic E-state index is 0.0387. The fraction of sp³-hybridized carbons (Fsp3) is 0.423. The third kappa shape index (κ3) is 5.00. The van der Waals surface area contributed by atoms with E-state index in [2.05, 4.69) is 0 Å². The molecule has 2 aliphatic rings. The van der Waals surface area contributed by atoms with Gasteiger partial charge in [-0.15, -0.1) is 0 Å². The number of ether oxygens (including phenoxy) is 2. The molecule has 0 bridgehead atoms. The average Bonchev–Trinajstić information content (AvgIpc) is 3.27. The van der Waals surface area contributed by atoms with E-state index in [1.807, 2.05) is 36.4 Å². The zero-order valence-corrected chi connectivity index (χ0v) is 19.7. The van der Waals surface area contributed by atoms with Gasteiger partial charge in [0, 0.05) is 45.1 Å². The van der Waals surface area contributed by atoms with E-state index in [0.29, 0.717) is 56.3 Å². The highest BCUT2D eigenvalue weighted by atomic mass is 16.5.